The van der Waals surface area contributed by atoms with Crippen molar-refractivity contribution in [3.8, 4) is 0 Å². The van der Waals surface area contributed by atoms with Gasteiger partial charge in [-0.3, -0.25) is 4.90 Å². The predicted octanol–water partition coefficient (Wildman–Crippen LogP) is 2.96. The topological polar surface area (TPSA) is 40.5 Å². The predicted molar refractivity (Wildman–Crippen MR) is 73.5 cm³/mol. The molecular formula is C15H23NO2. The van der Waals surface area contributed by atoms with Crippen molar-refractivity contribution >= 4 is 5.97 Å². The second-order valence-electron chi connectivity index (χ2n) is 5.30. The van der Waals surface area contributed by atoms with E-state index in [0.717, 1.165) is 5.56 Å². The normalized spacial score (nSPS) is 15.1. The summed E-state index contributed by atoms with van der Waals surface area (Å²) in [6.45, 7) is 7.95. The molecule has 0 heterocycles. The molecule has 0 saturated carbocycles. The van der Waals surface area contributed by atoms with E-state index in [0.29, 0.717) is 0 Å². The minimum Gasteiger partial charge on any atom is -0.480 e. The minimum absolute atomic E-state index is 0.0233. The highest BCUT2D eigenvalue weighted by molar-refractivity contribution is 5.81. The zero-order valence-electron chi connectivity index (χ0n) is 11.8. The lowest BCUT2D eigenvalue weighted by Crippen LogP contribution is -2.56. The maximum absolute atomic E-state index is 12.0. The first-order chi connectivity index (χ1) is 8.35. The molecule has 0 aliphatic carbocycles. The standard InChI is InChI=1S/C15H23NO2/c1-11(2)15(14(17)18,16(5)12(3)4)13-9-7-6-8-10-13/h6-12H,1-5H3,(H,17,18). The summed E-state index contributed by atoms with van der Waals surface area (Å²) in [5.74, 6) is -0.815. The molecule has 3 heteroatoms. The molecular weight excluding hydrogens is 226 g/mol. The van der Waals surface area contributed by atoms with E-state index in [9.17, 15) is 9.90 Å². The largest absolute Gasteiger partial charge is 0.480 e. The second-order valence-corrected chi connectivity index (χ2v) is 5.30. The average molecular weight is 249 g/mol. The van der Waals surface area contributed by atoms with Crippen LogP contribution in [0.3, 0.4) is 0 Å². The van der Waals surface area contributed by atoms with E-state index < -0.39 is 11.5 Å². The van der Waals surface area contributed by atoms with Crippen molar-refractivity contribution < 1.29 is 9.90 Å². The molecule has 1 N–H and O–H groups in total. The van der Waals surface area contributed by atoms with Gasteiger partial charge in [0.1, 0.15) is 5.54 Å². The molecule has 0 saturated heterocycles. The lowest BCUT2D eigenvalue weighted by molar-refractivity contribution is -0.157. The molecule has 0 aliphatic rings. The molecule has 1 unspecified atom stereocenters. The van der Waals surface area contributed by atoms with Gasteiger partial charge in [0.2, 0.25) is 0 Å². The van der Waals surface area contributed by atoms with Crippen molar-refractivity contribution in [2.45, 2.75) is 39.3 Å². The number of likely N-dealkylation sites (N-methyl/N-ethyl adjacent to an activating group) is 1. The molecule has 100 valence electrons. The maximum atomic E-state index is 12.0. The van der Waals surface area contributed by atoms with E-state index in [1.807, 2.05) is 70.0 Å². The Hall–Kier alpha value is -1.35. The van der Waals surface area contributed by atoms with Gasteiger partial charge in [0.15, 0.2) is 0 Å². The zero-order chi connectivity index (χ0) is 13.9. The summed E-state index contributed by atoms with van der Waals surface area (Å²) in [5.41, 5.74) is -0.140. The monoisotopic (exact) mass is 249 g/mol. The van der Waals surface area contributed by atoms with Crippen molar-refractivity contribution in [1.29, 1.82) is 0 Å². The highest BCUT2D eigenvalue weighted by atomic mass is 16.4. The first-order valence-corrected chi connectivity index (χ1v) is 6.37. The van der Waals surface area contributed by atoms with E-state index in [4.69, 9.17) is 0 Å². The third kappa shape index (κ3) is 2.27. The van der Waals surface area contributed by atoms with Crippen LogP contribution in [0.4, 0.5) is 0 Å². The van der Waals surface area contributed by atoms with Crippen LogP contribution >= 0.6 is 0 Å². The van der Waals surface area contributed by atoms with Gasteiger partial charge in [-0.15, -0.1) is 0 Å². The highest BCUT2D eigenvalue weighted by Crippen LogP contribution is 2.36. The van der Waals surface area contributed by atoms with Crippen molar-refractivity contribution in [3.63, 3.8) is 0 Å². The van der Waals surface area contributed by atoms with E-state index >= 15 is 0 Å². The number of aliphatic carboxylic acids is 1. The van der Waals surface area contributed by atoms with E-state index in [1.165, 1.54) is 0 Å². The quantitative estimate of drug-likeness (QED) is 0.872. The smallest absolute Gasteiger partial charge is 0.329 e. The summed E-state index contributed by atoms with van der Waals surface area (Å²) < 4.78 is 0. The number of benzene rings is 1. The summed E-state index contributed by atoms with van der Waals surface area (Å²) in [7, 11) is 1.88. The second kappa shape index (κ2) is 5.53. The summed E-state index contributed by atoms with van der Waals surface area (Å²) in [5, 5.41) is 9.83. The number of rotatable bonds is 5. The van der Waals surface area contributed by atoms with Gasteiger partial charge < -0.3 is 5.11 Å². The Morgan fingerprint density at radius 3 is 2.00 bits per heavy atom. The third-order valence-electron chi connectivity index (χ3n) is 3.71. The fraction of sp³-hybridized carbons (Fsp3) is 0.533. The summed E-state index contributed by atoms with van der Waals surface area (Å²) in [6.07, 6.45) is 0. The molecule has 0 spiro atoms. The first kappa shape index (κ1) is 14.7. The van der Waals surface area contributed by atoms with Crippen molar-refractivity contribution in [1.82, 2.24) is 4.90 Å². The van der Waals surface area contributed by atoms with E-state index in [2.05, 4.69) is 0 Å². The van der Waals surface area contributed by atoms with Crippen LogP contribution in [-0.2, 0) is 10.3 Å². The molecule has 1 aromatic carbocycles. The van der Waals surface area contributed by atoms with Crippen molar-refractivity contribution in [2.24, 2.45) is 5.92 Å². The number of hydrogen-bond acceptors (Lipinski definition) is 2. The summed E-state index contributed by atoms with van der Waals surface area (Å²) >= 11 is 0. The van der Waals surface area contributed by atoms with Crippen LogP contribution in [0.1, 0.15) is 33.3 Å². The fourth-order valence-corrected chi connectivity index (χ4v) is 2.57. The molecule has 0 amide bonds. The van der Waals surface area contributed by atoms with Gasteiger partial charge in [0, 0.05) is 6.04 Å². The number of carboxylic acids is 1. The Kier molecular flexibility index (Phi) is 4.52. The maximum Gasteiger partial charge on any atom is 0.329 e. The van der Waals surface area contributed by atoms with Crippen molar-refractivity contribution in [3.05, 3.63) is 35.9 Å². The average Bonchev–Trinajstić information content (AvgIpc) is 2.30. The number of hydrogen-bond donors (Lipinski definition) is 1. The molecule has 0 aromatic heterocycles. The molecule has 0 radical (unpaired) electrons. The lowest BCUT2D eigenvalue weighted by Gasteiger charge is -2.44. The van der Waals surface area contributed by atoms with Crippen LogP contribution < -0.4 is 0 Å². The van der Waals surface area contributed by atoms with Gasteiger partial charge in [0.25, 0.3) is 0 Å². The van der Waals surface area contributed by atoms with Crippen LogP contribution in [0, 0.1) is 5.92 Å². The van der Waals surface area contributed by atoms with Gasteiger partial charge in [-0.2, -0.15) is 0 Å². The number of carbonyl (C=O) groups is 1. The Morgan fingerprint density at radius 2 is 1.67 bits per heavy atom. The molecule has 1 atom stereocenters. The summed E-state index contributed by atoms with van der Waals surface area (Å²) in [4.78, 5) is 13.9. The van der Waals surface area contributed by atoms with E-state index in [-0.39, 0.29) is 12.0 Å². The zero-order valence-corrected chi connectivity index (χ0v) is 11.8. The van der Waals surface area contributed by atoms with Gasteiger partial charge in [-0.1, -0.05) is 44.2 Å². The van der Waals surface area contributed by atoms with Crippen LogP contribution in [0.2, 0.25) is 0 Å². The SMILES string of the molecule is CC(C)N(C)C(C(=O)O)(c1ccccc1)C(C)C. The molecule has 18 heavy (non-hydrogen) atoms. The molecule has 0 fully saturated rings. The Labute approximate surface area is 109 Å². The van der Waals surface area contributed by atoms with Crippen LogP contribution in [-0.4, -0.2) is 29.1 Å². The molecule has 1 rings (SSSR count). The molecule has 0 bridgehead atoms. The lowest BCUT2D eigenvalue weighted by atomic mass is 9.78. The molecule has 1 aromatic rings. The third-order valence-corrected chi connectivity index (χ3v) is 3.71. The summed E-state index contributed by atoms with van der Waals surface area (Å²) in [6, 6.07) is 9.64. The Morgan fingerprint density at radius 1 is 1.17 bits per heavy atom. The van der Waals surface area contributed by atoms with Crippen LogP contribution in [0.15, 0.2) is 30.3 Å². The van der Waals surface area contributed by atoms with Crippen molar-refractivity contribution in [2.75, 3.05) is 7.05 Å². The Bertz CT molecular complexity index is 400. The fourth-order valence-electron chi connectivity index (χ4n) is 2.57. The number of nitrogens with zero attached hydrogens (tertiary/aromatic N) is 1. The minimum atomic E-state index is -0.977. The van der Waals surface area contributed by atoms with Gasteiger partial charge in [-0.25, -0.2) is 4.79 Å². The van der Waals surface area contributed by atoms with Crippen LogP contribution in [0.5, 0.6) is 0 Å². The van der Waals surface area contributed by atoms with E-state index in [1.54, 1.807) is 0 Å². The van der Waals surface area contributed by atoms with Crippen LogP contribution in [0.25, 0.3) is 0 Å². The highest BCUT2D eigenvalue weighted by Gasteiger charge is 2.47. The van der Waals surface area contributed by atoms with Gasteiger partial charge in [-0.05, 0) is 32.4 Å². The molecule has 3 nitrogen and oxygen atoms in total. The van der Waals surface area contributed by atoms with Gasteiger partial charge in [0.05, 0.1) is 0 Å². The molecule has 0 aliphatic heterocycles. The Balaban J connectivity index is 3.46. The first-order valence-electron chi connectivity index (χ1n) is 6.37. The number of carboxylic acid groups (broad SMARTS) is 1. The van der Waals surface area contributed by atoms with Gasteiger partial charge >= 0.3 is 5.97 Å².